The van der Waals surface area contributed by atoms with Gasteiger partial charge in [-0.25, -0.2) is 9.97 Å². The van der Waals surface area contributed by atoms with E-state index in [0.717, 1.165) is 0 Å². The van der Waals surface area contributed by atoms with Gasteiger partial charge in [0, 0.05) is 13.2 Å². The largest absolute Gasteiger partial charge is 0.366 e. The van der Waals surface area contributed by atoms with E-state index in [2.05, 4.69) is 33.6 Å². The maximum absolute atomic E-state index is 12.6. The summed E-state index contributed by atoms with van der Waals surface area (Å²) in [5.74, 6) is 9.18. The minimum absolute atomic E-state index is 0.113. The molecule has 2 aromatic rings. The molecule has 6 nitrogen and oxygen atoms in total. The van der Waals surface area contributed by atoms with E-state index in [4.69, 9.17) is 9.47 Å². The Bertz CT molecular complexity index is 912. The Labute approximate surface area is 164 Å². The third-order valence-corrected chi connectivity index (χ3v) is 3.61. The van der Waals surface area contributed by atoms with Crippen molar-refractivity contribution in [1.29, 1.82) is 0 Å². The van der Waals surface area contributed by atoms with Gasteiger partial charge in [0.15, 0.2) is 11.4 Å². The molecule has 2 unspecified atom stereocenters. The first-order chi connectivity index (χ1) is 13.5. The van der Waals surface area contributed by atoms with Crippen LogP contribution in [0.1, 0.15) is 48.7 Å². The third-order valence-electron chi connectivity index (χ3n) is 3.61. The van der Waals surface area contributed by atoms with E-state index in [1.165, 1.54) is 0 Å². The molecule has 0 spiro atoms. The van der Waals surface area contributed by atoms with Gasteiger partial charge in [0.1, 0.15) is 12.2 Å². The monoisotopic (exact) mass is 378 g/mol. The molecule has 0 N–H and O–H groups in total. The number of rotatable bonds is 6. The van der Waals surface area contributed by atoms with E-state index >= 15 is 0 Å². The first-order valence-electron chi connectivity index (χ1n) is 9.08. The number of carbonyl (C=O) groups is 2. The van der Waals surface area contributed by atoms with Crippen LogP contribution in [0.5, 0.6) is 0 Å². The Kier molecular flexibility index (Phi) is 7.83. The Balaban J connectivity index is 2.46. The van der Waals surface area contributed by atoms with Crippen molar-refractivity contribution in [3.63, 3.8) is 0 Å². The Morgan fingerprint density at radius 3 is 1.61 bits per heavy atom. The van der Waals surface area contributed by atoms with Crippen molar-refractivity contribution in [1.82, 2.24) is 9.97 Å². The van der Waals surface area contributed by atoms with Crippen LogP contribution in [0, 0.1) is 23.7 Å². The zero-order valence-electron chi connectivity index (χ0n) is 16.4. The van der Waals surface area contributed by atoms with Crippen LogP contribution >= 0.6 is 0 Å². The van der Waals surface area contributed by atoms with Crippen LogP contribution in [-0.2, 0) is 9.47 Å². The fraction of sp³-hybridized carbons (Fsp3) is 0.364. The van der Waals surface area contributed by atoms with Crippen molar-refractivity contribution in [2.45, 2.75) is 39.9 Å². The van der Waals surface area contributed by atoms with E-state index in [1.807, 2.05) is 13.8 Å². The number of para-hydroxylation sites is 2. The molecule has 144 valence electrons. The van der Waals surface area contributed by atoms with Gasteiger partial charge in [-0.05, 0) is 51.7 Å². The second-order valence-electron chi connectivity index (χ2n) is 5.80. The standard InChI is InChI=1S/C22H22N2O4/c1-5-27-15(3)11-13-19(25)21-22(20(26)14-12-16(4)28-6-2)24-18-10-8-7-9-17(18)23-21/h7-10,15-16H,5-6H2,1-4H3. The number of fused-ring (bicyclic) bond motifs is 1. The van der Waals surface area contributed by atoms with Crippen LogP contribution in [0.2, 0.25) is 0 Å². The lowest BCUT2D eigenvalue weighted by molar-refractivity contribution is 0.101. The first kappa shape index (κ1) is 21.2. The molecule has 0 amide bonds. The molecule has 0 aliphatic carbocycles. The molecule has 0 radical (unpaired) electrons. The van der Waals surface area contributed by atoms with Gasteiger partial charge >= 0.3 is 0 Å². The van der Waals surface area contributed by atoms with Crippen molar-refractivity contribution in [2.24, 2.45) is 0 Å². The molecular weight excluding hydrogens is 356 g/mol. The third kappa shape index (κ3) is 5.72. The van der Waals surface area contributed by atoms with E-state index in [-0.39, 0.29) is 11.4 Å². The van der Waals surface area contributed by atoms with Crippen LogP contribution in [0.25, 0.3) is 11.0 Å². The highest BCUT2D eigenvalue weighted by molar-refractivity contribution is 6.18. The molecule has 1 aromatic carbocycles. The molecule has 1 aromatic heterocycles. The second-order valence-corrected chi connectivity index (χ2v) is 5.80. The van der Waals surface area contributed by atoms with Crippen molar-refractivity contribution in [2.75, 3.05) is 13.2 Å². The summed E-state index contributed by atoms with van der Waals surface area (Å²) in [6, 6.07) is 6.98. The van der Waals surface area contributed by atoms with E-state index in [9.17, 15) is 9.59 Å². The lowest BCUT2D eigenvalue weighted by atomic mass is 10.1. The van der Waals surface area contributed by atoms with Gasteiger partial charge in [0.25, 0.3) is 11.6 Å². The van der Waals surface area contributed by atoms with Gasteiger partial charge in [-0.2, -0.15) is 0 Å². The van der Waals surface area contributed by atoms with Gasteiger partial charge < -0.3 is 9.47 Å². The number of aromatic nitrogens is 2. The van der Waals surface area contributed by atoms with E-state index < -0.39 is 23.8 Å². The van der Waals surface area contributed by atoms with E-state index in [0.29, 0.717) is 24.2 Å². The molecule has 2 rings (SSSR count). The summed E-state index contributed by atoms with van der Waals surface area (Å²) in [5, 5.41) is 0. The van der Waals surface area contributed by atoms with Gasteiger partial charge in [0.05, 0.1) is 11.0 Å². The number of nitrogens with zero attached hydrogens (tertiary/aromatic N) is 2. The summed E-state index contributed by atoms with van der Waals surface area (Å²) in [4.78, 5) is 33.8. The number of hydrogen-bond acceptors (Lipinski definition) is 6. The number of ketones is 2. The second kappa shape index (κ2) is 10.3. The molecular formula is C22H22N2O4. The normalized spacial score (nSPS) is 12.3. The van der Waals surface area contributed by atoms with Crippen molar-refractivity contribution in [3.8, 4) is 23.7 Å². The Morgan fingerprint density at radius 1 is 0.857 bits per heavy atom. The summed E-state index contributed by atoms with van der Waals surface area (Å²) in [6.45, 7) is 8.13. The molecule has 0 fully saturated rings. The average Bonchev–Trinajstić information content (AvgIpc) is 2.69. The number of benzene rings is 1. The molecule has 0 saturated carbocycles. The molecule has 1 heterocycles. The lowest BCUT2D eigenvalue weighted by Gasteiger charge is -2.05. The van der Waals surface area contributed by atoms with Crippen molar-refractivity contribution < 1.29 is 19.1 Å². The molecule has 0 saturated heterocycles. The van der Waals surface area contributed by atoms with Crippen LogP contribution in [-0.4, -0.2) is 47.0 Å². The zero-order chi connectivity index (χ0) is 20.5. The van der Waals surface area contributed by atoms with Crippen LogP contribution in [0.4, 0.5) is 0 Å². The molecule has 6 heteroatoms. The number of hydrogen-bond donors (Lipinski definition) is 0. The fourth-order valence-corrected chi connectivity index (χ4v) is 2.35. The minimum Gasteiger partial charge on any atom is -0.366 e. The predicted octanol–water partition coefficient (Wildman–Crippen LogP) is 2.85. The smallest absolute Gasteiger partial charge is 0.256 e. The number of Topliss-reactive ketones (excluding diaryl/α,β-unsaturated/α-hetero) is 2. The van der Waals surface area contributed by atoms with Gasteiger partial charge in [-0.3, -0.25) is 9.59 Å². The maximum atomic E-state index is 12.6. The topological polar surface area (TPSA) is 78.4 Å². The number of ether oxygens (including phenoxy) is 2. The molecule has 0 bridgehead atoms. The Morgan fingerprint density at radius 2 is 1.25 bits per heavy atom. The highest BCUT2D eigenvalue weighted by atomic mass is 16.5. The summed E-state index contributed by atoms with van der Waals surface area (Å²) in [5.41, 5.74) is 0.770. The summed E-state index contributed by atoms with van der Waals surface area (Å²) < 4.78 is 10.6. The quantitative estimate of drug-likeness (QED) is 0.437. The SMILES string of the molecule is CCOC(C)C#CC(=O)c1nc2ccccc2nc1C(=O)C#CC(C)OCC. The number of carbonyl (C=O) groups excluding carboxylic acids is 2. The first-order valence-corrected chi connectivity index (χ1v) is 9.08. The van der Waals surface area contributed by atoms with E-state index in [1.54, 1.807) is 38.1 Å². The summed E-state index contributed by atoms with van der Waals surface area (Å²) in [6.07, 6.45) is -0.818. The average molecular weight is 378 g/mol. The van der Waals surface area contributed by atoms with Gasteiger partial charge in [-0.15, -0.1) is 0 Å². The molecule has 2 atom stereocenters. The van der Waals surface area contributed by atoms with Crippen molar-refractivity contribution in [3.05, 3.63) is 35.7 Å². The lowest BCUT2D eigenvalue weighted by Crippen LogP contribution is -2.14. The van der Waals surface area contributed by atoms with Gasteiger partial charge in [0.2, 0.25) is 0 Å². The van der Waals surface area contributed by atoms with Crippen molar-refractivity contribution >= 4 is 22.6 Å². The van der Waals surface area contributed by atoms with Crippen LogP contribution < -0.4 is 0 Å². The van der Waals surface area contributed by atoms with Crippen LogP contribution in [0.15, 0.2) is 24.3 Å². The summed E-state index contributed by atoms with van der Waals surface area (Å²) >= 11 is 0. The highest BCUT2D eigenvalue weighted by Crippen LogP contribution is 2.14. The summed E-state index contributed by atoms with van der Waals surface area (Å²) in [7, 11) is 0. The zero-order valence-corrected chi connectivity index (χ0v) is 16.4. The Hall–Kier alpha value is -3.06. The molecule has 28 heavy (non-hydrogen) atoms. The van der Waals surface area contributed by atoms with Gasteiger partial charge in [-0.1, -0.05) is 24.0 Å². The fourth-order valence-electron chi connectivity index (χ4n) is 2.35. The molecule has 0 aliphatic rings. The van der Waals surface area contributed by atoms with Crippen LogP contribution in [0.3, 0.4) is 0 Å². The maximum Gasteiger partial charge on any atom is 0.256 e. The predicted molar refractivity (Wildman–Crippen MR) is 106 cm³/mol. The highest BCUT2D eigenvalue weighted by Gasteiger charge is 2.20. The molecule has 0 aliphatic heterocycles. The minimum atomic E-state index is -0.604.